The van der Waals surface area contributed by atoms with Gasteiger partial charge in [0.25, 0.3) is 0 Å². The van der Waals surface area contributed by atoms with Crippen LogP contribution in [0.4, 0.5) is 0 Å². The fourth-order valence-corrected chi connectivity index (χ4v) is 20.3. The van der Waals surface area contributed by atoms with Gasteiger partial charge in [0.1, 0.15) is 0 Å². The third kappa shape index (κ3) is 15.1. The van der Waals surface area contributed by atoms with Gasteiger partial charge in [-0.15, -0.1) is 0 Å². The van der Waals surface area contributed by atoms with Gasteiger partial charge in [0.15, 0.2) is 0 Å². The summed E-state index contributed by atoms with van der Waals surface area (Å²) < 4.78 is 13.9. The van der Waals surface area contributed by atoms with E-state index in [2.05, 4.69) is 79.5 Å². The quantitative estimate of drug-likeness (QED) is 0.0613. The Labute approximate surface area is 275 Å². The van der Waals surface area contributed by atoms with Crippen LogP contribution in [0.2, 0.25) is 0 Å². The van der Waals surface area contributed by atoms with Crippen molar-refractivity contribution >= 4 is 25.6 Å². The topological polar surface area (TPSA) is 59.1 Å². The van der Waals surface area contributed by atoms with Crippen LogP contribution < -0.4 is 0 Å². The molecule has 0 radical (unpaired) electrons. The molecule has 0 N–H and O–H groups in total. The zero-order valence-electron chi connectivity index (χ0n) is 31.4. The van der Waals surface area contributed by atoms with Gasteiger partial charge in [0, 0.05) is 0 Å². The monoisotopic (exact) mass is 665 g/mol. The molecule has 0 atom stereocenters. The van der Waals surface area contributed by atoms with Crippen LogP contribution in [0.5, 0.6) is 0 Å². The first-order valence-electron chi connectivity index (χ1n) is 18.6. The van der Waals surface area contributed by atoms with Crippen LogP contribution in [-0.2, 0) is 18.6 Å². The molecule has 0 aromatic rings. The van der Waals surface area contributed by atoms with E-state index in [1.807, 2.05) is 0 Å². The first kappa shape index (κ1) is 43.7. The Hall–Kier alpha value is -0.280. The Balaban J connectivity index is 6.88. The minimum atomic E-state index is -3.00. The van der Waals surface area contributed by atoms with Crippen LogP contribution in [-0.4, -0.2) is 112 Å². The van der Waals surface area contributed by atoms with E-state index in [4.69, 9.17) is 9.05 Å². The number of nitrogens with zero attached hydrogens (tertiary/aromatic N) is 2. The van der Waals surface area contributed by atoms with E-state index >= 15 is 0 Å². The van der Waals surface area contributed by atoms with E-state index in [0.717, 1.165) is 152 Å². The van der Waals surface area contributed by atoms with Crippen molar-refractivity contribution in [2.24, 2.45) is 0 Å². The number of carbonyl (C=O) groups excluding carboxylic acids is 2. The first-order chi connectivity index (χ1) is 20.8. The van der Waals surface area contributed by atoms with Gasteiger partial charge in [-0.25, -0.2) is 0 Å². The van der Waals surface area contributed by atoms with Gasteiger partial charge in [0.2, 0.25) is 0 Å². The predicted octanol–water partition coefficient (Wildman–Crippen LogP) is 9.71. The van der Waals surface area contributed by atoms with Gasteiger partial charge in [-0.05, 0) is 0 Å². The Morgan fingerprint density at radius 1 is 0.409 bits per heavy atom. The van der Waals surface area contributed by atoms with E-state index in [1.165, 1.54) is 0 Å². The van der Waals surface area contributed by atoms with Gasteiger partial charge in [0.05, 0.1) is 0 Å². The van der Waals surface area contributed by atoms with Crippen LogP contribution in [0, 0.1) is 0 Å². The van der Waals surface area contributed by atoms with E-state index in [-0.39, 0.29) is 0 Å². The van der Waals surface area contributed by atoms with E-state index in [0.29, 0.717) is 0 Å². The summed E-state index contributed by atoms with van der Waals surface area (Å²) >= 11 is 0. The van der Waals surface area contributed by atoms with Crippen molar-refractivity contribution < 1.29 is 18.6 Å². The fourth-order valence-electron chi connectivity index (χ4n) is 7.17. The summed E-state index contributed by atoms with van der Waals surface area (Å²) in [4.78, 5) is 33.1. The van der Waals surface area contributed by atoms with E-state index in [9.17, 15) is 9.59 Å². The van der Waals surface area contributed by atoms with Crippen LogP contribution in [0.3, 0.4) is 0 Å². The van der Waals surface area contributed by atoms with Gasteiger partial charge in [-0.2, -0.15) is 0 Å². The maximum absolute atomic E-state index is 14.3. The second-order valence-corrected chi connectivity index (χ2v) is 26.1. The summed E-state index contributed by atoms with van der Waals surface area (Å²) in [6.07, 6.45) is 22.2. The standard InChI is InChI=1S/C36H78N2O4P2/c1-11-17-27-43(28-18-12-2,29-19-13-3,33-23-25-37(7)8)41-35(39)36(40)42-44(30-20-14-4,31-21-15-5,32-22-16-6)34-24-26-38(9)10/h11-34H2,1-10H3. The van der Waals surface area contributed by atoms with Crippen molar-refractivity contribution in [1.29, 1.82) is 0 Å². The van der Waals surface area contributed by atoms with E-state index < -0.39 is 25.6 Å². The predicted molar refractivity (Wildman–Crippen MR) is 201 cm³/mol. The van der Waals surface area contributed by atoms with Gasteiger partial charge in [-0.3, -0.25) is 0 Å². The van der Waals surface area contributed by atoms with Crippen LogP contribution in [0.25, 0.3) is 0 Å². The molecule has 0 aromatic carbocycles. The molecule has 266 valence electrons. The van der Waals surface area contributed by atoms with Crippen LogP contribution >= 0.6 is 13.7 Å². The molecule has 0 rings (SSSR count). The van der Waals surface area contributed by atoms with Gasteiger partial charge in [-0.1, -0.05) is 0 Å². The zero-order chi connectivity index (χ0) is 33.6. The summed E-state index contributed by atoms with van der Waals surface area (Å²) in [6.45, 7) is 9.32. The number of unbranched alkanes of at least 4 members (excludes halogenated alkanes) is 6. The normalized spacial score (nSPS) is 14.3. The maximum atomic E-state index is 14.3. The second-order valence-electron chi connectivity index (χ2n) is 14.7. The molecule has 0 aliphatic heterocycles. The van der Waals surface area contributed by atoms with Crippen molar-refractivity contribution in [2.45, 2.75) is 131 Å². The van der Waals surface area contributed by atoms with Crippen molar-refractivity contribution in [1.82, 2.24) is 9.80 Å². The van der Waals surface area contributed by atoms with Gasteiger partial charge < -0.3 is 0 Å². The SMILES string of the molecule is CCCCP(CCCC)(CCCC)(CCCN(C)C)OC(=O)C(=O)OP(CCCC)(CCCC)(CCCC)CCCN(C)C. The molecule has 0 saturated heterocycles. The van der Waals surface area contributed by atoms with Gasteiger partial charge >= 0.3 is 276 Å². The van der Waals surface area contributed by atoms with Crippen LogP contribution in [0.1, 0.15) is 131 Å². The van der Waals surface area contributed by atoms with Crippen molar-refractivity contribution in [2.75, 3.05) is 90.6 Å². The zero-order valence-corrected chi connectivity index (χ0v) is 33.2. The third-order valence-electron chi connectivity index (χ3n) is 9.97. The molecule has 0 spiro atoms. The minimum absolute atomic E-state index is 0.665. The molecule has 0 aliphatic rings. The van der Waals surface area contributed by atoms with Crippen LogP contribution in [0.15, 0.2) is 0 Å². The Morgan fingerprint density at radius 2 is 0.614 bits per heavy atom. The van der Waals surface area contributed by atoms with E-state index in [1.54, 1.807) is 0 Å². The number of hydrogen-bond donors (Lipinski definition) is 0. The summed E-state index contributed by atoms with van der Waals surface area (Å²) in [5.74, 6) is -1.33. The first-order valence-corrected chi connectivity index (χ1v) is 24.4. The third-order valence-corrected chi connectivity index (χ3v) is 22.9. The molecule has 0 aromatic heterocycles. The molecule has 0 unspecified atom stereocenters. The molecule has 6 nitrogen and oxygen atoms in total. The summed E-state index contributed by atoms with van der Waals surface area (Å²) in [7, 11) is 8.46. The molecule has 8 heteroatoms. The summed E-state index contributed by atoms with van der Waals surface area (Å²) in [5.41, 5.74) is 0. The molecular formula is C36H78N2O4P2. The molecule has 0 fully saturated rings. The molecule has 0 heterocycles. The fraction of sp³-hybridized carbons (Fsp3) is 0.944. The molecule has 0 aliphatic carbocycles. The second kappa shape index (κ2) is 22.3. The number of carbonyl (C=O) groups is 2. The van der Waals surface area contributed by atoms with Crippen molar-refractivity contribution in [3.05, 3.63) is 0 Å². The number of rotatable bonds is 28. The molecular weight excluding hydrogens is 586 g/mol. The summed E-state index contributed by atoms with van der Waals surface area (Å²) in [6, 6.07) is 0. The Kier molecular flexibility index (Phi) is 22.2. The molecule has 0 amide bonds. The molecule has 44 heavy (non-hydrogen) atoms. The average molecular weight is 665 g/mol. The summed E-state index contributed by atoms with van der Waals surface area (Å²) in [5, 5.41) is 0. The molecule has 0 saturated carbocycles. The Bertz CT molecular complexity index is 677. The van der Waals surface area contributed by atoms with Crippen molar-refractivity contribution in [3.63, 3.8) is 0 Å². The molecule has 0 bridgehead atoms. The average Bonchev–Trinajstić information content (AvgIpc) is 2.99. The van der Waals surface area contributed by atoms with Crippen molar-refractivity contribution in [3.8, 4) is 0 Å². The number of hydrogen-bond acceptors (Lipinski definition) is 6. The Morgan fingerprint density at radius 3 is 0.795 bits per heavy atom.